The Balaban J connectivity index is 1.91. The lowest BCUT2D eigenvalue weighted by atomic mass is 10.1. The highest BCUT2D eigenvalue weighted by Gasteiger charge is 2.21. The Morgan fingerprint density at radius 2 is 2.21 bits per heavy atom. The fourth-order valence-electron chi connectivity index (χ4n) is 1.70. The fraction of sp³-hybridized carbons (Fsp3) is 0.692. The molecule has 6 heteroatoms. The van der Waals surface area contributed by atoms with Crippen molar-refractivity contribution in [2.75, 3.05) is 6.54 Å². The van der Waals surface area contributed by atoms with Crippen molar-refractivity contribution in [2.24, 2.45) is 5.92 Å². The molecule has 19 heavy (non-hydrogen) atoms. The Bertz CT molecular complexity index is 506. The summed E-state index contributed by atoms with van der Waals surface area (Å²) in [6.45, 7) is 5.27. The second-order valence-corrected chi connectivity index (χ2v) is 7.15. The number of nitrogens with one attached hydrogen (secondary N) is 3. The van der Waals surface area contributed by atoms with Crippen LogP contribution in [0.25, 0.3) is 0 Å². The third-order valence-corrected chi connectivity index (χ3v) is 4.91. The predicted molar refractivity (Wildman–Crippen MR) is 75.3 cm³/mol. The molecule has 108 valence electrons. The van der Waals surface area contributed by atoms with Crippen LogP contribution in [0.5, 0.6) is 0 Å². The summed E-state index contributed by atoms with van der Waals surface area (Å²) < 4.78 is 26.8. The van der Waals surface area contributed by atoms with E-state index in [2.05, 4.69) is 21.9 Å². The molecule has 1 saturated carbocycles. The second kappa shape index (κ2) is 6.07. The molecule has 1 heterocycles. The van der Waals surface area contributed by atoms with Gasteiger partial charge in [0, 0.05) is 31.0 Å². The van der Waals surface area contributed by atoms with Crippen molar-refractivity contribution in [3.63, 3.8) is 0 Å². The molecule has 1 aromatic rings. The molecule has 0 amide bonds. The van der Waals surface area contributed by atoms with E-state index in [4.69, 9.17) is 0 Å². The second-order valence-electron chi connectivity index (χ2n) is 5.38. The topological polar surface area (TPSA) is 74.0 Å². The first-order valence-corrected chi connectivity index (χ1v) is 8.40. The average Bonchev–Trinajstić information content (AvgIpc) is 3.09. The van der Waals surface area contributed by atoms with E-state index in [0.29, 0.717) is 29.9 Å². The number of H-pyrrole nitrogens is 1. The third-order valence-electron chi connectivity index (χ3n) is 3.50. The highest BCUT2D eigenvalue weighted by Crippen LogP contribution is 2.19. The summed E-state index contributed by atoms with van der Waals surface area (Å²) in [6, 6.07) is 2.32. The van der Waals surface area contributed by atoms with E-state index in [1.165, 1.54) is 12.8 Å². The van der Waals surface area contributed by atoms with E-state index in [9.17, 15) is 8.42 Å². The first-order valence-electron chi connectivity index (χ1n) is 6.91. The van der Waals surface area contributed by atoms with Crippen LogP contribution >= 0.6 is 0 Å². The summed E-state index contributed by atoms with van der Waals surface area (Å²) in [7, 11) is -3.38. The lowest BCUT2D eigenvalue weighted by Crippen LogP contribution is -2.28. The van der Waals surface area contributed by atoms with Crippen LogP contribution in [0.15, 0.2) is 17.2 Å². The molecule has 0 radical (unpaired) electrons. The first kappa shape index (κ1) is 14.6. The minimum atomic E-state index is -3.38. The third kappa shape index (κ3) is 4.33. The zero-order chi connectivity index (χ0) is 13.9. The maximum absolute atomic E-state index is 12.1. The lowest BCUT2D eigenvalue weighted by molar-refractivity contribution is 0.528. The number of hydrogen-bond donors (Lipinski definition) is 3. The molecule has 1 aliphatic rings. The summed E-state index contributed by atoms with van der Waals surface area (Å²) >= 11 is 0. The van der Waals surface area contributed by atoms with Crippen molar-refractivity contribution in [3.05, 3.63) is 18.0 Å². The van der Waals surface area contributed by atoms with Crippen molar-refractivity contribution in [1.82, 2.24) is 15.0 Å². The molecule has 3 N–H and O–H groups in total. The summed E-state index contributed by atoms with van der Waals surface area (Å²) in [5, 5.41) is 3.35. The van der Waals surface area contributed by atoms with Crippen LogP contribution in [-0.4, -0.2) is 26.0 Å². The standard InChI is InChI=1S/C13H23N3O2S/c1-3-10(2)7-16-19(17,18)13-6-12(15-9-13)8-14-11-4-5-11/h6,9-11,14-16H,3-5,7-8H2,1-2H3. The van der Waals surface area contributed by atoms with Gasteiger partial charge in [0.05, 0.1) is 4.90 Å². The van der Waals surface area contributed by atoms with Gasteiger partial charge in [0.25, 0.3) is 0 Å². The number of sulfonamides is 1. The molecule has 2 rings (SSSR count). The van der Waals surface area contributed by atoms with Crippen LogP contribution in [0, 0.1) is 5.92 Å². The average molecular weight is 285 g/mol. The number of rotatable bonds is 8. The van der Waals surface area contributed by atoms with Crippen LogP contribution in [-0.2, 0) is 16.6 Å². The van der Waals surface area contributed by atoms with Gasteiger partial charge in [-0.1, -0.05) is 20.3 Å². The minimum Gasteiger partial charge on any atom is -0.363 e. The van der Waals surface area contributed by atoms with E-state index in [1.54, 1.807) is 12.3 Å². The minimum absolute atomic E-state index is 0.323. The summed E-state index contributed by atoms with van der Waals surface area (Å²) in [5.41, 5.74) is 0.913. The van der Waals surface area contributed by atoms with Crippen molar-refractivity contribution in [1.29, 1.82) is 0 Å². The van der Waals surface area contributed by atoms with Gasteiger partial charge >= 0.3 is 0 Å². The van der Waals surface area contributed by atoms with Gasteiger partial charge in [0.1, 0.15) is 0 Å². The molecule has 0 saturated heterocycles. The Kier molecular flexibility index (Phi) is 4.65. The quantitative estimate of drug-likeness (QED) is 0.679. The molecule has 0 aromatic carbocycles. The van der Waals surface area contributed by atoms with Crippen LogP contribution < -0.4 is 10.0 Å². The Morgan fingerprint density at radius 3 is 2.84 bits per heavy atom. The highest BCUT2D eigenvalue weighted by atomic mass is 32.2. The molecule has 0 bridgehead atoms. The summed E-state index contributed by atoms with van der Waals surface area (Å²) in [5.74, 6) is 0.352. The van der Waals surface area contributed by atoms with Gasteiger partial charge in [-0.15, -0.1) is 0 Å². The van der Waals surface area contributed by atoms with Gasteiger partial charge < -0.3 is 10.3 Å². The number of hydrogen-bond acceptors (Lipinski definition) is 3. The maximum atomic E-state index is 12.1. The van der Waals surface area contributed by atoms with Crippen molar-refractivity contribution >= 4 is 10.0 Å². The summed E-state index contributed by atoms with van der Waals surface area (Å²) in [4.78, 5) is 3.34. The van der Waals surface area contributed by atoms with Gasteiger partial charge in [-0.05, 0) is 24.8 Å². The van der Waals surface area contributed by atoms with Crippen molar-refractivity contribution in [3.8, 4) is 0 Å². The Morgan fingerprint density at radius 1 is 1.47 bits per heavy atom. The van der Waals surface area contributed by atoms with E-state index in [1.807, 2.05) is 6.92 Å². The van der Waals surface area contributed by atoms with E-state index in [-0.39, 0.29) is 0 Å². The molecule has 1 aromatic heterocycles. The van der Waals surface area contributed by atoms with Crippen molar-refractivity contribution < 1.29 is 8.42 Å². The van der Waals surface area contributed by atoms with Crippen LogP contribution in [0.4, 0.5) is 0 Å². The molecule has 1 aliphatic carbocycles. The predicted octanol–water partition coefficient (Wildman–Crippen LogP) is 1.59. The smallest absolute Gasteiger partial charge is 0.242 e. The highest BCUT2D eigenvalue weighted by molar-refractivity contribution is 7.89. The zero-order valence-corrected chi connectivity index (χ0v) is 12.4. The molecule has 1 fully saturated rings. The van der Waals surface area contributed by atoms with Gasteiger partial charge in [0.2, 0.25) is 10.0 Å². The largest absolute Gasteiger partial charge is 0.363 e. The first-order chi connectivity index (χ1) is 9.01. The normalized spacial score (nSPS) is 17.6. The Hall–Kier alpha value is -0.850. The van der Waals surface area contributed by atoms with Gasteiger partial charge in [0.15, 0.2) is 0 Å². The van der Waals surface area contributed by atoms with E-state index in [0.717, 1.165) is 12.1 Å². The molecular weight excluding hydrogens is 262 g/mol. The molecule has 5 nitrogen and oxygen atoms in total. The fourth-order valence-corrected chi connectivity index (χ4v) is 2.88. The van der Waals surface area contributed by atoms with Crippen LogP contribution in [0.2, 0.25) is 0 Å². The van der Waals surface area contributed by atoms with Crippen LogP contribution in [0.1, 0.15) is 38.8 Å². The molecule has 1 atom stereocenters. The van der Waals surface area contributed by atoms with Gasteiger partial charge in [-0.25, -0.2) is 13.1 Å². The maximum Gasteiger partial charge on any atom is 0.242 e. The van der Waals surface area contributed by atoms with Gasteiger partial charge in [-0.2, -0.15) is 0 Å². The van der Waals surface area contributed by atoms with Crippen molar-refractivity contribution in [2.45, 2.75) is 50.6 Å². The number of aromatic amines is 1. The molecule has 0 aliphatic heterocycles. The molecular formula is C13H23N3O2S. The van der Waals surface area contributed by atoms with Crippen LogP contribution in [0.3, 0.4) is 0 Å². The lowest BCUT2D eigenvalue weighted by Gasteiger charge is -2.09. The summed E-state index contributed by atoms with van der Waals surface area (Å²) in [6.07, 6.45) is 4.97. The molecule has 1 unspecified atom stereocenters. The van der Waals surface area contributed by atoms with E-state index >= 15 is 0 Å². The SMILES string of the molecule is CCC(C)CNS(=O)(=O)c1c[nH]c(CNC2CC2)c1. The Labute approximate surface area is 115 Å². The van der Waals surface area contributed by atoms with E-state index < -0.39 is 10.0 Å². The van der Waals surface area contributed by atoms with Gasteiger partial charge in [-0.3, -0.25) is 0 Å². The monoisotopic (exact) mass is 285 g/mol. The zero-order valence-electron chi connectivity index (χ0n) is 11.6. The molecule has 0 spiro atoms. The number of aromatic nitrogens is 1.